The van der Waals surface area contributed by atoms with Gasteiger partial charge in [0, 0.05) is 17.1 Å². The standard InChI is InChI=1S/C8H7BrF3NO3/c9-1-4-2-13-7(16-8(10,11)12)5(3-14)6(4)15/h2,14H,1,3H2,(H,13,15). The molecule has 0 saturated carbocycles. The van der Waals surface area contributed by atoms with Crippen LogP contribution in [0.1, 0.15) is 11.1 Å². The van der Waals surface area contributed by atoms with Gasteiger partial charge in [-0.3, -0.25) is 4.79 Å². The highest BCUT2D eigenvalue weighted by Crippen LogP contribution is 2.22. The molecule has 1 heterocycles. The van der Waals surface area contributed by atoms with Crippen LogP contribution in [0.15, 0.2) is 11.0 Å². The maximum atomic E-state index is 11.9. The van der Waals surface area contributed by atoms with Gasteiger partial charge >= 0.3 is 6.36 Å². The Hall–Kier alpha value is -1.02. The monoisotopic (exact) mass is 301 g/mol. The van der Waals surface area contributed by atoms with E-state index < -0.39 is 29.8 Å². The van der Waals surface area contributed by atoms with Crippen LogP contribution in [0.3, 0.4) is 0 Å². The fourth-order valence-electron chi connectivity index (χ4n) is 1.05. The molecular weight excluding hydrogens is 295 g/mol. The van der Waals surface area contributed by atoms with Gasteiger partial charge in [-0.05, 0) is 0 Å². The fraction of sp³-hybridized carbons (Fsp3) is 0.375. The number of rotatable bonds is 3. The van der Waals surface area contributed by atoms with Crippen molar-refractivity contribution >= 4 is 15.9 Å². The number of aliphatic hydroxyl groups excluding tert-OH is 1. The van der Waals surface area contributed by atoms with Crippen molar-refractivity contribution in [2.24, 2.45) is 0 Å². The molecule has 0 saturated heterocycles. The van der Waals surface area contributed by atoms with E-state index in [0.717, 1.165) is 6.20 Å². The third-order valence-electron chi connectivity index (χ3n) is 1.74. The van der Waals surface area contributed by atoms with Gasteiger partial charge in [-0.2, -0.15) is 0 Å². The first kappa shape index (κ1) is 13.0. The summed E-state index contributed by atoms with van der Waals surface area (Å²) in [5.41, 5.74) is -0.926. The second-order valence-corrected chi connectivity index (χ2v) is 3.35. The Morgan fingerprint density at radius 3 is 2.56 bits per heavy atom. The number of pyridine rings is 1. The van der Waals surface area contributed by atoms with Crippen LogP contribution >= 0.6 is 15.9 Å². The van der Waals surface area contributed by atoms with Crippen LogP contribution in [0.25, 0.3) is 0 Å². The largest absolute Gasteiger partial charge is 0.574 e. The van der Waals surface area contributed by atoms with Gasteiger partial charge in [-0.15, -0.1) is 13.2 Å². The van der Waals surface area contributed by atoms with Crippen LogP contribution in [-0.2, 0) is 11.9 Å². The summed E-state index contributed by atoms with van der Waals surface area (Å²) < 4.78 is 39.4. The van der Waals surface area contributed by atoms with Crippen molar-refractivity contribution in [1.29, 1.82) is 0 Å². The summed E-state index contributed by atoms with van der Waals surface area (Å²) in [6.07, 6.45) is -3.82. The summed E-state index contributed by atoms with van der Waals surface area (Å²) in [5.74, 6) is -0.787. The van der Waals surface area contributed by atoms with E-state index in [1.54, 1.807) is 0 Å². The van der Waals surface area contributed by atoms with Gasteiger partial charge in [0.2, 0.25) is 5.88 Å². The normalized spacial score (nSPS) is 11.6. The number of nitrogens with one attached hydrogen (secondary N) is 1. The quantitative estimate of drug-likeness (QED) is 0.835. The zero-order valence-corrected chi connectivity index (χ0v) is 9.35. The molecule has 0 bridgehead atoms. The smallest absolute Gasteiger partial charge is 0.391 e. The number of hydrogen-bond donors (Lipinski definition) is 2. The Morgan fingerprint density at radius 1 is 1.50 bits per heavy atom. The van der Waals surface area contributed by atoms with Crippen molar-refractivity contribution in [3.8, 4) is 5.88 Å². The Labute approximate surface area is 96.2 Å². The molecule has 0 aliphatic rings. The second kappa shape index (κ2) is 4.88. The molecule has 0 aliphatic heterocycles. The minimum absolute atomic E-state index is 0.168. The van der Waals surface area contributed by atoms with Gasteiger partial charge in [0.15, 0.2) is 5.43 Å². The van der Waals surface area contributed by atoms with E-state index >= 15 is 0 Å². The molecule has 0 aromatic carbocycles. The van der Waals surface area contributed by atoms with Crippen LogP contribution < -0.4 is 10.2 Å². The van der Waals surface area contributed by atoms with E-state index in [4.69, 9.17) is 5.11 Å². The first-order chi connectivity index (χ1) is 7.39. The lowest BCUT2D eigenvalue weighted by Gasteiger charge is -2.11. The topological polar surface area (TPSA) is 62.3 Å². The number of alkyl halides is 4. The van der Waals surface area contributed by atoms with E-state index in [9.17, 15) is 18.0 Å². The van der Waals surface area contributed by atoms with Crippen LogP contribution in [0.4, 0.5) is 13.2 Å². The second-order valence-electron chi connectivity index (χ2n) is 2.79. The maximum absolute atomic E-state index is 11.9. The average molecular weight is 302 g/mol. The third-order valence-corrected chi connectivity index (χ3v) is 2.34. The molecule has 16 heavy (non-hydrogen) atoms. The molecule has 0 amide bonds. The van der Waals surface area contributed by atoms with Crippen LogP contribution in [-0.4, -0.2) is 16.5 Å². The van der Waals surface area contributed by atoms with Crippen LogP contribution in [0, 0.1) is 0 Å². The molecule has 0 unspecified atom stereocenters. The molecule has 4 nitrogen and oxygen atoms in total. The highest BCUT2D eigenvalue weighted by molar-refractivity contribution is 9.08. The molecular formula is C8H7BrF3NO3. The molecule has 0 radical (unpaired) electrons. The molecule has 0 fully saturated rings. The lowest BCUT2D eigenvalue weighted by atomic mass is 10.2. The molecule has 90 valence electrons. The van der Waals surface area contributed by atoms with Gasteiger partial charge in [-0.1, -0.05) is 15.9 Å². The lowest BCUT2D eigenvalue weighted by Crippen LogP contribution is -2.23. The van der Waals surface area contributed by atoms with Gasteiger partial charge < -0.3 is 14.8 Å². The number of aromatic nitrogens is 1. The molecule has 0 spiro atoms. The summed E-state index contributed by atoms with van der Waals surface area (Å²) in [5, 5.41) is 9.00. The number of ether oxygens (including phenoxy) is 1. The van der Waals surface area contributed by atoms with E-state index in [2.05, 4.69) is 25.7 Å². The molecule has 2 N–H and O–H groups in total. The van der Waals surface area contributed by atoms with E-state index in [1.807, 2.05) is 0 Å². The number of hydrogen-bond acceptors (Lipinski definition) is 3. The first-order valence-electron chi connectivity index (χ1n) is 4.05. The Bertz CT molecular complexity index is 430. The van der Waals surface area contributed by atoms with E-state index in [0.29, 0.717) is 0 Å². The zero-order valence-electron chi connectivity index (χ0n) is 7.77. The van der Waals surface area contributed by atoms with Gasteiger partial charge in [-0.25, -0.2) is 0 Å². The summed E-state index contributed by atoms with van der Waals surface area (Å²) >= 11 is 2.99. The summed E-state index contributed by atoms with van der Waals surface area (Å²) in [6.45, 7) is -0.832. The van der Waals surface area contributed by atoms with Gasteiger partial charge in [0.25, 0.3) is 0 Å². The summed E-state index contributed by atoms with van der Waals surface area (Å²) in [7, 11) is 0. The number of aliphatic hydroxyl groups is 1. The number of halogens is 4. The van der Waals surface area contributed by atoms with Gasteiger partial charge in [0.1, 0.15) is 0 Å². The maximum Gasteiger partial charge on any atom is 0.574 e. The summed E-state index contributed by atoms with van der Waals surface area (Å²) in [6, 6.07) is 0. The number of H-pyrrole nitrogens is 1. The van der Waals surface area contributed by atoms with Crippen molar-refractivity contribution in [3.05, 3.63) is 27.5 Å². The molecule has 0 atom stereocenters. The molecule has 1 aromatic heterocycles. The SMILES string of the molecule is O=c1c(CBr)c[nH]c(OC(F)(F)F)c1CO. The first-order valence-corrected chi connectivity index (χ1v) is 5.17. The predicted octanol–water partition coefficient (Wildman–Crippen LogP) is 1.66. The molecule has 1 aromatic rings. The minimum Gasteiger partial charge on any atom is -0.391 e. The zero-order chi connectivity index (χ0) is 12.3. The molecule has 0 aliphatic carbocycles. The Kier molecular flexibility index (Phi) is 3.98. The van der Waals surface area contributed by atoms with Crippen molar-refractivity contribution in [2.75, 3.05) is 0 Å². The van der Waals surface area contributed by atoms with Crippen LogP contribution in [0.5, 0.6) is 5.88 Å². The van der Waals surface area contributed by atoms with Gasteiger partial charge in [0.05, 0.1) is 12.2 Å². The molecule has 1 rings (SSSR count). The predicted molar refractivity (Wildman–Crippen MR) is 52.3 cm³/mol. The third kappa shape index (κ3) is 2.99. The number of aromatic amines is 1. The van der Waals surface area contributed by atoms with Crippen molar-refractivity contribution < 1.29 is 23.0 Å². The Balaban J connectivity index is 3.21. The van der Waals surface area contributed by atoms with Crippen molar-refractivity contribution in [2.45, 2.75) is 18.3 Å². The highest BCUT2D eigenvalue weighted by atomic mass is 79.9. The van der Waals surface area contributed by atoms with Crippen molar-refractivity contribution in [3.63, 3.8) is 0 Å². The minimum atomic E-state index is -4.91. The Morgan fingerprint density at radius 2 is 2.12 bits per heavy atom. The fourth-order valence-corrected chi connectivity index (χ4v) is 1.47. The van der Waals surface area contributed by atoms with Crippen LogP contribution in [0.2, 0.25) is 0 Å². The highest BCUT2D eigenvalue weighted by Gasteiger charge is 2.33. The molecule has 8 heteroatoms. The average Bonchev–Trinajstić information content (AvgIpc) is 2.16. The lowest BCUT2D eigenvalue weighted by molar-refractivity contribution is -0.276. The van der Waals surface area contributed by atoms with E-state index in [1.165, 1.54) is 0 Å². The van der Waals surface area contributed by atoms with Crippen molar-refractivity contribution in [1.82, 2.24) is 4.98 Å². The summed E-state index contributed by atoms with van der Waals surface area (Å²) in [4.78, 5) is 13.7. The van der Waals surface area contributed by atoms with E-state index in [-0.39, 0.29) is 10.9 Å².